The Hall–Kier alpha value is -3.24. The number of nitrogens with zero attached hydrogens (tertiary/aromatic N) is 6. The summed E-state index contributed by atoms with van der Waals surface area (Å²) in [4.78, 5) is 23.5. The van der Waals surface area contributed by atoms with Crippen LogP contribution in [0.1, 0.15) is 65.4 Å². The molecule has 0 radical (unpaired) electrons. The van der Waals surface area contributed by atoms with E-state index < -0.39 is 0 Å². The van der Waals surface area contributed by atoms with Gasteiger partial charge in [0.25, 0.3) is 0 Å². The van der Waals surface area contributed by atoms with Crippen LogP contribution in [-0.2, 0) is 11.2 Å². The van der Waals surface area contributed by atoms with Crippen molar-refractivity contribution < 1.29 is 9.47 Å². The van der Waals surface area contributed by atoms with Crippen LogP contribution in [0.5, 0.6) is 5.75 Å². The van der Waals surface area contributed by atoms with Gasteiger partial charge in [0.05, 0.1) is 29.6 Å². The molecule has 198 valence electrons. The molecular formula is C27H38N8O2. The summed E-state index contributed by atoms with van der Waals surface area (Å²) in [6, 6.07) is 6.50. The minimum Gasteiger partial charge on any atom is -0.491 e. The summed E-state index contributed by atoms with van der Waals surface area (Å²) in [7, 11) is 0. The van der Waals surface area contributed by atoms with E-state index in [1.807, 2.05) is 36.6 Å². The second kappa shape index (κ2) is 11.0. The molecule has 2 atom stereocenters. The summed E-state index contributed by atoms with van der Waals surface area (Å²) in [6.07, 6.45) is 8.57. The van der Waals surface area contributed by atoms with Crippen LogP contribution in [0.25, 0.3) is 22.2 Å². The number of rotatable bonds is 11. The average molecular weight is 507 g/mol. The maximum absolute atomic E-state index is 6.43. The van der Waals surface area contributed by atoms with Crippen LogP contribution in [0, 0.1) is 0 Å². The Morgan fingerprint density at radius 2 is 2.03 bits per heavy atom. The van der Waals surface area contributed by atoms with Crippen molar-refractivity contribution in [1.29, 1.82) is 0 Å². The van der Waals surface area contributed by atoms with E-state index in [1.54, 1.807) is 6.33 Å². The molecule has 1 fully saturated rings. The van der Waals surface area contributed by atoms with Gasteiger partial charge in [-0.15, -0.1) is 0 Å². The first kappa shape index (κ1) is 25.4. The van der Waals surface area contributed by atoms with E-state index in [-0.39, 0.29) is 18.4 Å². The molecule has 1 aliphatic rings. The number of unbranched alkanes of at least 4 members (excludes halogenated alkanes) is 1. The summed E-state index contributed by atoms with van der Waals surface area (Å²) in [5, 5.41) is 0. The van der Waals surface area contributed by atoms with Gasteiger partial charge in [0.2, 0.25) is 0 Å². The first-order valence-electron chi connectivity index (χ1n) is 13.3. The Morgan fingerprint density at radius 1 is 1.16 bits per heavy atom. The topological polar surface area (TPSA) is 120 Å². The van der Waals surface area contributed by atoms with Gasteiger partial charge in [-0.3, -0.25) is 9.47 Å². The van der Waals surface area contributed by atoms with Gasteiger partial charge in [-0.2, -0.15) is 0 Å². The zero-order valence-corrected chi connectivity index (χ0v) is 22.2. The van der Waals surface area contributed by atoms with E-state index in [0.717, 1.165) is 73.4 Å². The van der Waals surface area contributed by atoms with Crippen molar-refractivity contribution in [3.63, 3.8) is 0 Å². The van der Waals surface area contributed by atoms with Crippen LogP contribution >= 0.6 is 0 Å². The molecule has 37 heavy (non-hydrogen) atoms. The minimum atomic E-state index is -0.0714. The van der Waals surface area contributed by atoms with Gasteiger partial charge in [-0.1, -0.05) is 0 Å². The maximum atomic E-state index is 6.43. The molecule has 0 bridgehead atoms. The molecule has 5 rings (SSSR count). The molecule has 1 aliphatic heterocycles. The highest BCUT2D eigenvalue weighted by Crippen LogP contribution is 2.31. The number of aryl methyl sites for hydroxylation is 1. The fourth-order valence-corrected chi connectivity index (χ4v) is 5.04. The highest BCUT2D eigenvalue weighted by molar-refractivity contribution is 5.81. The molecule has 3 N–H and O–H groups in total. The van der Waals surface area contributed by atoms with Gasteiger partial charge >= 0.3 is 0 Å². The van der Waals surface area contributed by atoms with Crippen molar-refractivity contribution >= 4 is 28.0 Å². The molecule has 3 aromatic heterocycles. The smallest absolute Gasteiger partial charge is 0.167 e. The maximum Gasteiger partial charge on any atom is 0.167 e. The van der Waals surface area contributed by atoms with E-state index in [0.29, 0.717) is 17.4 Å². The van der Waals surface area contributed by atoms with Gasteiger partial charge in [0.1, 0.15) is 29.6 Å². The highest BCUT2D eigenvalue weighted by Gasteiger charge is 2.30. The Morgan fingerprint density at radius 3 is 2.84 bits per heavy atom. The number of H-pyrrole nitrogens is 1. The molecule has 0 spiro atoms. The third kappa shape index (κ3) is 5.86. The molecule has 1 unspecified atom stereocenters. The monoisotopic (exact) mass is 506 g/mol. The molecule has 1 saturated heterocycles. The van der Waals surface area contributed by atoms with Crippen LogP contribution in [0.2, 0.25) is 0 Å². The van der Waals surface area contributed by atoms with E-state index in [9.17, 15) is 0 Å². The van der Waals surface area contributed by atoms with E-state index in [4.69, 9.17) is 20.2 Å². The lowest BCUT2D eigenvalue weighted by atomic mass is 10.1. The number of hydrogen-bond acceptors (Lipinski definition) is 8. The van der Waals surface area contributed by atoms with Crippen molar-refractivity contribution in [3.05, 3.63) is 36.7 Å². The SMILES string of the molecule is CC(C)Oc1ccc2nc(CCCCN(CC3CC[C@H](n4cnc5c(N)ncnc54)O3)C(C)C)[nH]c2c1. The van der Waals surface area contributed by atoms with Gasteiger partial charge in [0.15, 0.2) is 11.5 Å². The van der Waals surface area contributed by atoms with Gasteiger partial charge in [-0.25, -0.2) is 19.9 Å². The average Bonchev–Trinajstić information content (AvgIpc) is 3.58. The second-order valence-corrected chi connectivity index (χ2v) is 10.4. The Kier molecular flexibility index (Phi) is 7.57. The van der Waals surface area contributed by atoms with E-state index in [1.165, 1.54) is 6.33 Å². The lowest BCUT2D eigenvalue weighted by Gasteiger charge is -2.29. The number of fused-ring (bicyclic) bond motifs is 2. The molecular weight excluding hydrogens is 468 g/mol. The first-order chi connectivity index (χ1) is 17.9. The fourth-order valence-electron chi connectivity index (χ4n) is 5.04. The summed E-state index contributed by atoms with van der Waals surface area (Å²) in [5.41, 5.74) is 9.33. The van der Waals surface area contributed by atoms with Gasteiger partial charge in [0, 0.05) is 25.1 Å². The van der Waals surface area contributed by atoms with E-state index in [2.05, 4.69) is 38.7 Å². The second-order valence-electron chi connectivity index (χ2n) is 10.4. The number of ether oxygens (including phenoxy) is 2. The van der Waals surface area contributed by atoms with Crippen molar-refractivity contribution in [3.8, 4) is 5.75 Å². The Balaban J connectivity index is 1.11. The zero-order valence-electron chi connectivity index (χ0n) is 22.2. The molecule has 0 aliphatic carbocycles. The lowest BCUT2D eigenvalue weighted by Crippen LogP contribution is -2.38. The number of nitrogen functional groups attached to an aromatic ring is 1. The van der Waals surface area contributed by atoms with Gasteiger partial charge < -0.3 is 20.2 Å². The summed E-state index contributed by atoms with van der Waals surface area (Å²) in [6.45, 7) is 10.5. The lowest BCUT2D eigenvalue weighted by molar-refractivity contribution is -0.0160. The van der Waals surface area contributed by atoms with Crippen molar-refractivity contribution in [2.24, 2.45) is 0 Å². The number of aromatic nitrogens is 6. The number of imidazole rings is 2. The number of hydrogen-bond donors (Lipinski definition) is 2. The van der Waals surface area contributed by atoms with Crippen LogP contribution in [0.3, 0.4) is 0 Å². The Bertz CT molecular complexity index is 1330. The first-order valence-corrected chi connectivity index (χ1v) is 13.3. The number of benzene rings is 1. The third-order valence-electron chi connectivity index (χ3n) is 6.93. The van der Waals surface area contributed by atoms with Crippen molar-refractivity contribution in [1.82, 2.24) is 34.4 Å². The van der Waals surface area contributed by atoms with Gasteiger partial charge in [-0.05, 0) is 72.1 Å². The van der Waals surface area contributed by atoms with Crippen LogP contribution in [0.15, 0.2) is 30.9 Å². The Labute approximate surface area is 217 Å². The van der Waals surface area contributed by atoms with Crippen molar-refractivity contribution in [2.45, 2.75) is 84.3 Å². The zero-order chi connectivity index (χ0) is 25.9. The van der Waals surface area contributed by atoms with Crippen LogP contribution in [-0.4, -0.2) is 65.7 Å². The number of nitrogens with one attached hydrogen (secondary N) is 1. The summed E-state index contributed by atoms with van der Waals surface area (Å²) in [5.74, 6) is 2.31. The highest BCUT2D eigenvalue weighted by atomic mass is 16.5. The number of anilines is 1. The summed E-state index contributed by atoms with van der Waals surface area (Å²) < 4.78 is 14.2. The quantitative estimate of drug-likeness (QED) is 0.286. The predicted molar refractivity (Wildman–Crippen MR) is 144 cm³/mol. The third-order valence-corrected chi connectivity index (χ3v) is 6.93. The van der Waals surface area contributed by atoms with Crippen LogP contribution < -0.4 is 10.5 Å². The standard InChI is InChI=1S/C27H38N8O2/c1-17(2)34(12-6-5-7-23-32-21-10-8-19(36-18(3)4)13-22(21)33-23)14-20-9-11-24(37-20)35-16-31-25-26(28)29-15-30-27(25)35/h8,10,13,15-18,20,24H,5-7,9,11-12,14H2,1-4H3,(H,32,33)(H2,28,29,30)/t20?,24-/m1/s1. The molecule has 1 aromatic carbocycles. The summed E-state index contributed by atoms with van der Waals surface area (Å²) >= 11 is 0. The molecule has 4 aromatic rings. The fraction of sp³-hybridized carbons (Fsp3) is 0.556. The predicted octanol–water partition coefficient (Wildman–Crippen LogP) is 4.48. The normalized spacial score (nSPS) is 18.2. The number of aromatic amines is 1. The van der Waals surface area contributed by atoms with Crippen LogP contribution in [0.4, 0.5) is 5.82 Å². The molecule has 10 heteroatoms. The molecule has 0 amide bonds. The molecule has 10 nitrogen and oxygen atoms in total. The number of nitrogens with two attached hydrogens (primary N) is 1. The van der Waals surface area contributed by atoms with E-state index >= 15 is 0 Å². The minimum absolute atomic E-state index is 0.0714. The van der Waals surface area contributed by atoms with Crippen molar-refractivity contribution in [2.75, 3.05) is 18.8 Å². The largest absolute Gasteiger partial charge is 0.491 e. The molecule has 4 heterocycles. The molecule has 0 saturated carbocycles.